The van der Waals surface area contributed by atoms with Crippen LogP contribution < -0.4 is 5.32 Å². The molecule has 0 unspecified atom stereocenters. The summed E-state index contributed by atoms with van der Waals surface area (Å²) in [5.41, 5.74) is -0.333. The Hall–Kier alpha value is -1.10. The first-order valence-corrected chi connectivity index (χ1v) is 5.39. The van der Waals surface area contributed by atoms with E-state index in [2.05, 4.69) is 10.1 Å². The summed E-state index contributed by atoms with van der Waals surface area (Å²) in [7, 11) is 0. The van der Waals surface area contributed by atoms with E-state index >= 15 is 0 Å². The van der Waals surface area contributed by atoms with Crippen LogP contribution in [0.25, 0.3) is 0 Å². The van der Waals surface area contributed by atoms with Crippen molar-refractivity contribution in [2.75, 3.05) is 6.61 Å². The Bertz CT molecular complexity index is 245. The monoisotopic (exact) mass is 231 g/mol. The standard InChI is InChI=1S/C11H21NO4/c1-5-16-10(15)7-8(13)6-9(14)12-11(2,3)4/h8,13H,5-7H2,1-4H3,(H,12,14)/t8-/m0/s1. The summed E-state index contributed by atoms with van der Waals surface area (Å²) in [6.07, 6.45) is -1.22. The molecule has 2 N–H and O–H groups in total. The Balaban J connectivity index is 3.91. The lowest BCUT2D eigenvalue weighted by molar-refractivity contribution is -0.145. The van der Waals surface area contributed by atoms with E-state index in [1.807, 2.05) is 20.8 Å². The molecule has 1 amide bonds. The third-order valence-corrected chi connectivity index (χ3v) is 1.64. The summed E-state index contributed by atoms with van der Waals surface area (Å²) in [6, 6.07) is 0. The predicted molar refractivity (Wildman–Crippen MR) is 59.8 cm³/mol. The van der Waals surface area contributed by atoms with Crippen LogP contribution in [-0.4, -0.2) is 35.2 Å². The SMILES string of the molecule is CCOC(=O)C[C@@H](O)CC(=O)NC(C)(C)C. The van der Waals surface area contributed by atoms with Crippen molar-refractivity contribution in [1.82, 2.24) is 5.32 Å². The van der Waals surface area contributed by atoms with Crippen molar-refractivity contribution < 1.29 is 19.4 Å². The molecule has 94 valence electrons. The fourth-order valence-electron chi connectivity index (χ4n) is 1.17. The van der Waals surface area contributed by atoms with Crippen molar-refractivity contribution in [2.24, 2.45) is 0 Å². The molecule has 16 heavy (non-hydrogen) atoms. The molecule has 0 fully saturated rings. The van der Waals surface area contributed by atoms with Crippen molar-refractivity contribution in [3.8, 4) is 0 Å². The van der Waals surface area contributed by atoms with Gasteiger partial charge >= 0.3 is 5.97 Å². The molecule has 0 saturated heterocycles. The number of hydrogen-bond acceptors (Lipinski definition) is 4. The molecule has 1 atom stereocenters. The van der Waals surface area contributed by atoms with E-state index in [9.17, 15) is 14.7 Å². The van der Waals surface area contributed by atoms with Gasteiger partial charge in [-0.1, -0.05) is 0 Å². The van der Waals surface area contributed by atoms with Crippen LogP contribution in [0.15, 0.2) is 0 Å². The van der Waals surface area contributed by atoms with Crippen LogP contribution in [-0.2, 0) is 14.3 Å². The van der Waals surface area contributed by atoms with Crippen LogP contribution in [0.2, 0.25) is 0 Å². The Kier molecular flexibility index (Phi) is 6.03. The van der Waals surface area contributed by atoms with Gasteiger partial charge in [-0.25, -0.2) is 0 Å². The van der Waals surface area contributed by atoms with E-state index in [0.717, 1.165) is 0 Å². The normalized spacial score (nSPS) is 13.1. The summed E-state index contributed by atoms with van der Waals surface area (Å²) in [4.78, 5) is 22.4. The average Bonchev–Trinajstić information content (AvgIpc) is 1.98. The van der Waals surface area contributed by atoms with Crippen LogP contribution >= 0.6 is 0 Å². The first-order valence-electron chi connectivity index (χ1n) is 5.39. The molecule has 0 bridgehead atoms. The molecular formula is C11H21NO4. The van der Waals surface area contributed by atoms with Crippen LogP contribution in [0.4, 0.5) is 0 Å². The Morgan fingerprint density at radius 1 is 1.31 bits per heavy atom. The van der Waals surface area contributed by atoms with Gasteiger partial charge in [0.25, 0.3) is 0 Å². The highest BCUT2D eigenvalue weighted by Crippen LogP contribution is 2.04. The fourth-order valence-corrected chi connectivity index (χ4v) is 1.17. The van der Waals surface area contributed by atoms with Gasteiger partial charge in [-0.05, 0) is 27.7 Å². The van der Waals surface area contributed by atoms with Crippen LogP contribution in [0.1, 0.15) is 40.5 Å². The second kappa shape index (κ2) is 6.48. The maximum atomic E-state index is 11.4. The summed E-state index contributed by atoms with van der Waals surface area (Å²) in [5.74, 6) is -0.761. The van der Waals surface area contributed by atoms with Crippen LogP contribution in [0.3, 0.4) is 0 Å². The molecule has 0 spiro atoms. The molecule has 5 nitrogen and oxygen atoms in total. The highest BCUT2D eigenvalue weighted by molar-refractivity contribution is 5.78. The summed E-state index contributed by atoms with van der Waals surface area (Å²) in [6.45, 7) is 7.52. The lowest BCUT2D eigenvalue weighted by atomic mass is 10.1. The molecule has 0 aliphatic carbocycles. The quantitative estimate of drug-likeness (QED) is 0.680. The van der Waals surface area contributed by atoms with Crippen LogP contribution in [0.5, 0.6) is 0 Å². The maximum Gasteiger partial charge on any atom is 0.308 e. The molecule has 5 heteroatoms. The molecular weight excluding hydrogens is 210 g/mol. The van der Waals surface area contributed by atoms with Crippen LogP contribution in [0, 0.1) is 0 Å². The lowest BCUT2D eigenvalue weighted by Crippen LogP contribution is -2.42. The van der Waals surface area contributed by atoms with Crippen molar-refractivity contribution in [3.05, 3.63) is 0 Å². The Labute approximate surface area is 96.2 Å². The second-order valence-corrected chi connectivity index (χ2v) is 4.67. The van der Waals surface area contributed by atoms with Gasteiger partial charge in [0.15, 0.2) is 0 Å². The minimum atomic E-state index is -0.985. The van der Waals surface area contributed by atoms with Gasteiger partial charge in [0.05, 0.1) is 25.6 Å². The Morgan fingerprint density at radius 3 is 2.31 bits per heavy atom. The molecule has 0 aromatic rings. The van der Waals surface area contributed by atoms with Crippen molar-refractivity contribution in [1.29, 1.82) is 0 Å². The average molecular weight is 231 g/mol. The third kappa shape index (κ3) is 8.23. The highest BCUT2D eigenvalue weighted by atomic mass is 16.5. The Morgan fingerprint density at radius 2 is 1.88 bits per heavy atom. The van der Waals surface area contributed by atoms with E-state index in [0.29, 0.717) is 0 Å². The van der Waals surface area contributed by atoms with Gasteiger partial charge in [-0.2, -0.15) is 0 Å². The minimum Gasteiger partial charge on any atom is -0.466 e. The fraction of sp³-hybridized carbons (Fsp3) is 0.818. The zero-order valence-electron chi connectivity index (χ0n) is 10.4. The van der Waals surface area contributed by atoms with E-state index in [1.165, 1.54) is 0 Å². The smallest absolute Gasteiger partial charge is 0.308 e. The van der Waals surface area contributed by atoms with Gasteiger partial charge in [-0.15, -0.1) is 0 Å². The summed E-state index contributed by atoms with van der Waals surface area (Å²) in [5, 5.41) is 12.2. The number of carbonyl (C=O) groups excluding carboxylic acids is 2. The topological polar surface area (TPSA) is 75.6 Å². The van der Waals surface area contributed by atoms with Gasteiger partial charge in [0.2, 0.25) is 5.91 Å². The highest BCUT2D eigenvalue weighted by Gasteiger charge is 2.19. The largest absolute Gasteiger partial charge is 0.466 e. The molecule has 0 heterocycles. The number of esters is 1. The molecule has 0 aromatic carbocycles. The number of aliphatic hydroxyl groups excluding tert-OH is 1. The number of carbonyl (C=O) groups is 2. The zero-order chi connectivity index (χ0) is 12.8. The first-order chi connectivity index (χ1) is 7.24. The number of aliphatic hydroxyl groups is 1. The number of rotatable bonds is 5. The summed E-state index contributed by atoms with van der Waals surface area (Å²) < 4.78 is 4.66. The molecule has 0 aliphatic heterocycles. The first kappa shape index (κ1) is 14.9. The molecule has 0 aliphatic rings. The number of nitrogens with one attached hydrogen (secondary N) is 1. The predicted octanol–water partition coefficient (Wildman–Crippen LogP) is 0.605. The van der Waals surface area contributed by atoms with E-state index in [4.69, 9.17) is 0 Å². The van der Waals surface area contributed by atoms with Crippen molar-refractivity contribution in [3.63, 3.8) is 0 Å². The number of ether oxygens (including phenoxy) is 1. The third-order valence-electron chi connectivity index (χ3n) is 1.64. The van der Waals surface area contributed by atoms with E-state index < -0.39 is 12.1 Å². The van der Waals surface area contributed by atoms with Crippen molar-refractivity contribution >= 4 is 11.9 Å². The summed E-state index contributed by atoms with van der Waals surface area (Å²) >= 11 is 0. The zero-order valence-corrected chi connectivity index (χ0v) is 10.4. The maximum absolute atomic E-state index is 11.4. The van der Waals surface area contributed by atoms with Gasteiger partial charge in [0, 0.05) is 5.54 Å². The van der Waals surface area contributed by atoms with E-state index in [1.54, 1.807) is 6.92 Å². The number of hydrogen-bond donors (Lipinski definition) is 2. The van der Waals surface area contributed by atoms with Gasteiger partial charge in [0.1, 0.15) is 0 Å². The lowest BCUT2D eigenvalue weighted by Gasteiger charge is -2.21. The minimum absolute atomic E-state index is 0.0872. The molecule has 0 radical (unpaired) electrons. The molecule has 0 rings (SSSR count). The van der Waals surface area contributed by atoms with Gasteiger partial charge in [-0.3, -0.25) is 9.59 Å². The van der Waals surface area contributed by atoms with E-state index in [-0.39, 0.29) is 30.9 Å². The molecule has 0 aromatic heterocycles. The van der Waals surface area contributed by atoms with Gasteiger partial charge < -0.3 is 15.2 Å². The van der Waals surface area contributed by atoms with Crippen molar-refractivity contribution in [2.45, 2.75) is 52.2 Å². The number of amides is 1. The second-order valence-electron chi connectivity index (χ2n) is 4.67. The molecule has 0 saturated carbocycles.